The van der Waals surface area contributed by atoms with Gasteiger partial charge in [0, 0.05) is 26.9 Å². The Labute approximate surface area is 86.2 Å². The number of hydrogen-bond acceptors (Lipinski definition) is 4. The van der Waals surface area contributed by atoms with Crippen molar-refractivity contribution in [3.8, 4) is 0 Å². The predicted octanol–water partition coefficient (Wildman–Crippen LogP) is 1.17. The first-order valence-electron chi connectivity index (χ1n) is 5.16. The molecule has 0 aromatic heterocycles. The fraction of sp³-hybridized carbons (Fsp3) is 1.00. The summed E-state index contributed by atoms with van der Waals surface area (Å²) >= 11 is 0. The van der Waals surface area contributed by atoms with Crippen LogP contribution >= 0.6 is 0 Å². The summed E-state index contributed by atoms with van der Waals surface area (Å²) in [6, 6.07) is 0. The van der Waals surface area contributed by atoms with E-state index < -0.39 is 12.4 Å². The number of aliphatic hydroxyl groups is 1. The molecule has 0 heterocycles. The quantitative estimate of drug-likeness (QED) is 0.454. The topological polar surface area (TPSA) is 47.9 Å². The van der Waals surface area contributed by atoms with E-state index in [2.05, 4.69) is 0 Å². The maximum Gasteiger partial charge on any atom is 0.183 e. The van der Waals surface area contributed by atoms with Crippen molar-refractivity contribution in [3.05, 3.63) is 0 Å². The largest absolute Gasteiger partial charge is 0.388 e. The van der Waals surface area contributed by atoms with Gasteiger partial charge in [-0.25, -0.2) is 0 Å². The number of hydrogen-bond donors (Lipinski definition) is 1. The molecule has 0 amide bonds. The van der Waals surface area contributed by atoms with E-state index in [-0.39, 0.29) is 0 Å². The highest BCUT2D eigenvalue weighted by atomic mass is 16.7. The lowest BCUT2D eigenvalue weighted by Crippen LogP contribution is -2.32. The fourth-order valence-corrected chi connectivity index (χ4v) is 1.17. The average Bonchev–Trinajstić information content (AvgIpc) is 2.18. The summed E-state index contributed by atoms with van der Waals surface area (Å²) in [5.41, 5.74) is 0. The summed E-state index contributed by atoms with van der Waals surface area (Å²) in [4.78, 5) is 0. The highest BCUT2D eigenvalue weighted by Crippen LogP contribution is 2.08. The molecule has 0 fully saturated rings. The Hall–Kier alpha value is -0.160. The molecule has 0 saturated heterocycles. The van der Waals surface area contributed by atoms with E-state index in [0.29, 0.717) is 26.2 Å². The van der Waals surface area contributed by atoms with Crippen LogP contribution < -0.4 is 0 Å². The second-order valence-electron chi connectivity index (χ2n) is 2.98. The Morgan fingerprint density at radius 3 is 2.14 bits per heavy atom. The van der Waals surface area contributed by atoms with Crippen LogP contribution in [0.5, 0.6) is 0 Å². The molecule has 0 aliphatic heterocycles. The smallest absolute Gasteiger partial charge is 0.183 e. The lowest BCUT2D eigenvalue weighted by atomic mass is 10.2. The first-order valence-corrected chi connectivity index (χ1v) is 5.16. The van der Waals surface area contributed by atoms with E-state index in [4.69, 9.17) is 14.2 Å². The van der Waals surface area contributed by atoms with E-state index >= 15 is 0 Å². The van der Waals surface area contributed by atoms with Crippen LogP contribution in [0.25, 0.3) is 0 Å². The standard InChI is InChI=1S/C10H22O4/c1-4-13-10(14-5-2)9(11)7-6-8-12-3/h9-11H,4-8H2,1-3H3. The van der Waals surface area contributed by atoms with Crippen molar-refractivity contribution in [1.29, 1.82) is 0 Å². The minimum atomic E-state index is -0.565. The van der Waals surface area contributed by atoms with E-state index in [1.165, 1.54) is 0 Å². The number of rotatable bonds is 9. The van der Waals surface area contributed by atoms with Gasteiger partial charge in [-0.15, -0.1) is 0 Å². The zero-order valence-electron chi connectivity index (χ0n) is 9.36. The molecule has 0 aromatic carbocycles. The molecule has 14 heavy (non-hydrogen) atoms. The molecule has 1 atom stereocenters. The van der Waals surface area contributed by atoms with Gasteiger partial charge in [0.25, 0.3) is 0 Å². The summed E-state index contributed by atoms with van der Waals surface area (Å²) in [6.45, 7) is 5.52. The van der Waals surface area contributed by atoms with Gasteiger partial charge in [0.05, 0.1) is 0 Å². The molecule has 0 aliphatic rings. The number of methoxy groups -OCH3 is 1. The highest BCUT2D eigenvalue weighted by Gasteiger charge is 2.18. The Kier molecular flexibility index (Phi) is 9.29. The summed E-state index contributed by atoms with van der Waals surface area (Å²) in [7, 11) is 1.65. The molecule has 0 aromatic rings. The minimum Gasteiger partial charge on any atom is -0.388 e. The van der Waals surface area contributed by atoms with Crippen molar-refractivity contribution in [2.45, 2.75) is 39.1 Å². The molecule has 0 spiro atoms. The van der Waals surface area contributed by atoms with Crippen LogP contribution in [0.2, 0.25) is 0 Å². The first kappa shape index (κ1) is 13.8. The molecule has 4 heteroatoms. The maximum absolute atomic E-state index is 9.69. The summed E-state index contributed by atoms with van der Waals surface area (Å²) in [5.74, 6) is 0. The van der Waals surface area contributed by atoms with Crippen molar-refractivity contribution >= 4 is 0 Å². The molecule has 0 radical (unpaired) electrons. The van der Waals surface area contributed by atoms with Crippen molar-refractivity contribution < 1.29 is 19.3 Å². The SMILES string of the molecule is CCOC(OCC)C(O)CCCOC. The molecule has 86 valence electrons. The van der Waals surface area contributed by atoms with Gasteiger partial charge < -0.3 is 19.3 Å². The van der Waals surface area contributed by atoms with Crippen molar-refractivity contribution in [2.24, 2.45) is 0 Å². The highest BCUT2D eigenvalue weighted by molar-refractivity contribution is 4.60. The van der Waals surface area contributed by atoms with Gasteiger partial charge in [0.15, 0.2) is 6.29 Å². The molecule has 0 saturated carbocycles. The molecule has 1 N–H and O–H groups in total. The van der Waals surface area contributed by atoms with Gasteiger partial charge in [0.1, 0.15) is 6.10 Å². The monoisotopic (exact) mass is 206 g/mol. The Morgan fingerprint density at radius 1 is 1.14 bits per heavy atom. The molecule has 0 bridgehead atoms. The molecule has 4 nitrogen and oxygen atoms in total. The second kappa shape index (κ2) is 9.40. The number of ether oxygens (including phenoxy) is 3. The Morgan fingerprint density at radius 2 is 1.71 bits per heavy atom. The molecule has 0 rings (SSSR count). The lowest BCUT2D eigenvalue weighted by Gasteiger charge is -2.22. The third kappa shape index (κ3) is 6.32. The van der Waals surface area contributed by atoms with Gasteiger partial charge >= 0.3 is 0 Å². The van der Waals surface area contributed by atoms with Gasteiger partial charge in [0.2, 0.25) is 0 Å². The van der Waals surface area contributed by atoms with Crippen molar-refractivity contribution in [1.82, 2.24) is 0 Å². The Balaban J connectivity index is 3.69. The van der Waals surface area contributed by atoms with Gasteiger partial charge in [-0.05, 0) is 26.7 Å². The zero-order valence-corrected chi connectivity index (χ0v) is 9.36. The second-order valence-corrected chi connectivity index (χ2v) is 2.98. The molecular formula is C10H22O4. The van der Waals surface area contributed by atoms with Crippen molar-refractivity contribution in [2.75, 3.05) is 26.9 Å². The van der Waals surface area contributed by atoms with Crippen LogP contribution in [0, 0.1) is 0 Å². The van der Waals surface area contributed by atoms with Gasteiger partial charge in [-0.1, -0.05) is 0 Å². The fourth-order valence-electron chi connectivity index (χ4n) is 1.17. The van der Waals surface area contributed by atoms with E-state index in [0.717, 1.165) is 6.42 Å². The molecular weight excluding hydrogens is 184 g/mol. The third-order valence-electron chi connectivity index (χ3n) is 1.82. The van der Waals surface area contributed by atoms with Gasteiger partial charge in [-0.3, -0.25) is 0 Å². The van der Waals surface area contributed by atoms with Crippen LogP contribution in [-0.4, -0.2) is 44.4 Å². The van der Waals surface area contributed by atoms with Crippen molar-refractivity contribution in [3.63, 3.8) is 0 Å². The van der Waals surface area contributed by atoms with E-state index in [1.807, 2.05) is 13.8 Å². The third-order valence-corrected chi connectivity index (χ3v) is 1.82. The van der Waals surface area contributed by atoms with Crippen LogP contribution in [0.4, 0.5) is 0 Å². The van der Waals surface area contributed by atoms with Crippen LogP contribution in [0.1, 0.15) is 26.7 Å². The zero-order chi connectivity index (χ0) is 10.8. The van der Waals surface area contributed by atoms with E-state index in [9.17, 15) is 5.11 Å². The lowest BCUT2D eigenvalue weighted by molar-refractivity contribution is -0.191. The van der Waals surface area contributed by atoms with Crippen LogP contribution in [-0.2, 0) is 14.2 Å². The van der Waals surface area contributed by atoms with Crippen LogP contribution in [0.3, 0.4) is 0 Å². The normalized spacial score (nSPS) is 13.5. The summed E-state index contributed by atoms with van der Waals surface area (Å²) in [5, 5.41) is 9.69. The molecule has 0 aliphatic carbocycles. The maximum atomic E-state index is 9.69. The summed E-state index contributed by atoms with van der Waals surface area (Å²) < 4.78 is 15.4. The van der Waals surface area contributed by atoms with Crippen LogP contribution in [0.15, 0.2) is 0 Å². The van der Waals surface area contributed by atoms with E-state index in [1.54, 1.807) is 7.11 Å². The number of aliphatic hydroxyl groups excluding tert-OH is 1. The first-order chi connectivity index (χ1) is 6.76. The van der Waals surface area contributed by atoms with Gasteiger partial charge in [-0.2, -0.15) is 0 Å². The predicted molar refractivity (Wildman–Crippen MR) is 54.2 cm³/mol. The molecule has 1 unspecified atom stereocenters. The Bertz CT molecular complexity index is 113. The average molecular weight is 206 g/mol. The summed E-state index contributed by atoms with van der Waals surface area (Å²) in [6.07, 6.45) is 0.388. The minimum absolute atomic E-state index is 0.498.